The van der Waals surface area contributed by atoms with Gasteiger partial charge < -0.3 is 15.2 Å². The Morgan fingerprint density at radius 3 is 2.54 bits per heavy atom. The average Bonchev–Trinajstić information content (AvgIpc) is 2.90. The average molecular weight is 381 g/mol. The van der Waals surface area contributed by atoms with E-state index in [1.54, 1.807) is 11.7 Å². The molecule has 0 aliphatic carbocycles. The van der Waals surface area contributed by atoms with Crippen molar-refractivity contribution in [3.63, 3.8) is 0 Å². The highest BCUT2D eigenvalue weighted by atomic mass is 16.5. The monoisotopic (exact) mass is 381 g/mol. The SMILES string of the molecule is Cc1nn(C)c(C)c1OCC(=O)N[C@@H](CC(=O)O)c1ccc2ccccc2c1. The summed E-state index contributed by atoms with van der Waals surface area (Å²) in [5.74, 6) is -0.807. The van der Waals surface area contributed by atoms with Crippen LogP contribution in [0.15, 0.2) is 42.5 Å². The third kappa shape index (κ3) is 4.31. The number of carbonyl (C=O) groups excluding carboxylic acids is 1. The summed E-state index contributed by atoms with van der Waals surface area (Å²) in [7, 11) is 1.80. The molecule has 0 fully saturated rings. The van der Waals surface area contributed by atoms with Gasteiger partial charge in [-0.2, -0.15) is 5.10 Å². The van der Waals surface area contributed by atoms with Crippen LogP contribution in [-0.4, -0.2) is 33.4 Å². The highest BCUT2D eigenvalue weighted by Crippen LogP contribution is 2.24. The maximum atomic E-state index is 12.4. The van der Waals surface area contributed by atoms with Crippen LogP contribution in [0.2, 0.25) is 0 Å². The topological polar surface area (TPSA) is 93.5 Å². The highest BCUT2D eigenvalue weighted by Gasteiger charge is 2.20. The van der Waals surface area contributed by atoms with E-state index in [1.807, 2.05) is 56.3 Å². The Labute approximate surface area is 162 Å². The summed E-state index contributed by atoms with van der Waals surface area (Å²) in [6.45, 7) is 3.45. The van der Waals surface area contributed by atoms with Crippen molar-refractivity contribution < 1.29 is 19.4 Å². The molecule has 7 heteroatoms. The molecule has 3 rings (SSSR count). The van der Waals surface area contributed by atoms with Crippen LogP contribution in [0.25, 0.3) is 10.8 Å². The van der Waals surface area contributed by atoms with Crippen LogP contribution in [0.3, 0.4) is 0 Å². The minimum atomic E-state index is -0.988. The number of hydrogen-bond donors (Lipinski definition) is 2. The fraction of sp³-hybridized carbons (Fsp3) is 0.286. The van der Waals surface area contributed by atoms with Gasteiger partial charge in [-0.1, -0.05) is 36.4 Å². The van der Waals surface area contributed by atoms with E-state index in [2.05, 4.69) is 10.4 Å². The summed E-state index contributed by atoms with van der Waals surface area (Å²) >= 11 is 0. The molecule has 0 radical (unpaired) electrons. The van der Waals surface area contributed by atoms with Crippen molar-refractivity contribution in [1.29, 1.82) is 0 Å². The third-order valence-corrected chi connectivity index (χ3v) is 4.68. The van der Waals surface area contributed by atoms with E-state index in [0.29, 0.717) is 11.4 Å². The van der Waals surface area contributed by atoms with Gasteiger partial charge in [-0.15, -0.1) is 0 Å². The molecule has 1 heterocycles. The van der Waals surface area contributed by atoms with Gasteiger partial charge in [0, 0.05) is 7.05 Å². The molecule has 0 spiro atoms. The molecule has 0 saturated heterocycles. The summed E-state index contributed by atoms with van der Waals surface area (Å²) in [6, 6.07) is 12.8. The van der Waals surface area contributed by atoms with Crippen molar-refractivity contribution in [2.24, 2.45) is 7.05 Å². The van der Waals surface area contributed by atoms with E-state index in [1.165, 1.54) is 0 Å². The molecule has 7 nitrogen and oxygen atoms in total. The van der Waals surface area contributed by atoms with E-state index in [9.17, 15) is 14.7 Å². The number of carboxylic acids is 1. The number of fused-ring (bicyclic) bond motifs is 1. The van der Waals surface area contributed by atoms with Crippen LogP contribution in [-0.2, 0) is 16.6 Å². The van der Waals surface area contributed by atoms with Crippen molar-refractivity contribution in [2.75, 3.05) is 6.61 Å². The number of carbonyl (C=O) groups is 2. The molecule has 0 bridgehead atoms. The van der Waals surface area contributed by atoms with Crippen molar-refractivity contribution in [3.8, 4) is 5.75 Å². The Morgan fingerprint density at radius 2 is 1.89 bits per heavy atom. The van der Waals surface area contributed by atoms with Gasteiger partial charge >= 0.3 is 5.97 Å². The lowest BCUT2D eigenvalue weighted by Crippen LogP contribution is -2.34. The molecule has 0 saturated carbocycles. The molecule has 2 aromatic carbocycles. The predicted molar refractivity (Wildman–Crippen MR) is 105 cm³/mol. The Morgan fingerprint density at radius 1 is 1.18 bits per heavy atom. The minimum Gasteiger partial charge on any atom is -0.481 e. The summed E-state index contributed by atoms with van der Waals surface area (Å²) in [5.41, 5.74) is 2.26. The van der Waals surface area contributed by atoms with Gasteiger partial charge in [0.1, 0.15) is 5.69 Å². The first-order valence-corrected chi connectivity index (χ1v) is 8.98. The number of benzene rings is 2. The molecule has 28 heavy (non-hydrogen) atoms. The lowest BCUT2D eigenvalue weighted by Gasteiger charge is -2.18. The van der Waals surface area contributed by atoms with Crippen LogP contribution in [0, 0.1) is 13.8 Å². The van der Waals surface area contributed by atoms with Crippen LogP contribution in [0.1, 0.15) is 29.4 Å². The number of aryl methyl sites for hydroxylation is 2. The van der Waals surface area contributed by atoms with Crippen LogP contribution in [0.5, 0.6) is 5.75 Å². The normalized spacial score (nSPS) is 12.0. The summed E-state index contributed by atoms with van der Waals surface area (Å²) in [6.07, 6.45) is -0.213. The second-order valence-corrected chi connectivity index (χ2v) is 6.74. The molecule has 1 aromatic heterocycles. The number of amides is 1. The zero-order valence-electron chi connectivity index (χ0n) is 16.1. The second kappa shape index (κ2) is 8.12. The van der Waals surface area contributed by atoms with Gasteiger partial charge in [0.2, 0.25) is 0 Å². The maximum absolute atomic E-state index is 12.4. The molecule has 3 aromatic rings. The van der Waals surface area contributed by atoms with E-state index in [0.717, 1.165) is 22.0 Å². The Hall–Kier alpha value is -3.35. The van der Waals surface area contributed by atoms with Gasteiger partial charge in [-0.05, 0) is 36.2 Å². The molecule has 2 N–H and O–H groups in total. The molecule has 1 atom stereocenters. The quantitative estimate of drug-likeness (QED) is 0.656. The van der Waals surface area contributed by atoms with Crippen molar-refractivity contribution >= 4 is 22.6 Å². The largest absolute Gasteiger partial charge is 0.481 e. The number of hydrogen-bond acceptors (Lipinski definition) is 4. The number of nitrogens with one attached hydrogen (secondary N) is 1. The van der Waals surface area contributed by atoms with E-state index in [-0.39, 0.29) is 18.9 Å². The first kappa shape index (κ1) is 19.4. The van der Waals surface area contributed by atoms with Gasteiger partial charge in [-0.25, -0.2) is 0 Å². The lowest BCUT2D eigenvalue weighted by atomic mass is 9.99. The fourth-order valence-corrected chi connectivity index (χ4v) is 3.19. The molecule has 0 aliphatic rings. The van der Waals surface area contributed by atoms with Crippen molar-refractivity contribution in [3.05, 3.63) is 59.4 Å². The second-order valence-electron chi connectivity index (χ2n) is 6.74. The van der Waals surface area contributed by atoms with Gasteiger partial charge in [-0.3, -0.25) is 14.3 Å². The first-order chi connectivity index (χ1) is 13.3. The molecular weight excluding hydrogens is 358 g/mol. The summed E-state index contributed by atoms with van der Waals surface area (Å²) in [4.78, 5) is 23.7. The molecule has 0 unspecified atom stereocenters. The van der Waals surface area contributed by atoms with Crippen LogP contribution in [0.4, 0.5) is 0 Å². The molecular formula is C21H23N3O4. The number of rotatable bonds is 7. The van der Waals surface area contributed by atoms with Crippen molar-refractivity contribution in [2.45, 2.75) is 26.3 Å². The standard InChI is InChI=1S/C21H23N3O4/c1-13-21(14(2)24(3)23-13)28-12-19(25)22-18(11-20(26)27)17-9-8-15-6-4-5-7-16(15)10-17/h4-10,18H,11-12H2,1-3H3,(H,22,25)(H,26,27)/t18-/m0/s1. The molecule has 146 valence electrons. The zero-order chi connectivity index (χ0) is 20.3. The Kier molecular flexibility index (Phi) is 5.63. The lowest BCUT2D eigenvalue weighted by molar-refractivity contribution is -0.137. The molecule has 1 amide bonds. The first-order valence-electron chi connectivity index (χ1n) is 8.98. The summed E-state index contributed by atoms with van der Waals surface area (Å²) in [5, 5.41) is 18.3. The van der Waals surface area contributed by atoms with Crippen molar-refractivity contribution in [1.82, 2.24) is 15.1 Å². The number of aliphatic carboxylic acids is 1. The minimum absolute atomic E-state index is 0.211. The Balaban J connectivity index is 1.74. The van der Waals surface area contributed by atoms with Crippen LogP contribution < -0.4 is 10.1 Å². The van der Waals surface area contributed by atoms with E-state index in [4.69, 9.17) is 4.74 Å². The van der Waals surface area contributed by atoms with Gasteiger partial charge in [0.05, 0.1) is 18.2 Å². The third-order valence-electron chi connectivity index (χ3n) is 4.68. The van der Waals surface area contributed by atoms with Gasteiger partial charge in [0.25, 0.3) is 5.91 Å². The number of ether oxygens (including phenoxy) is 1. The van der Waals surface area contributed by atoms with E-state index >= 15 is 0 Å². The number of nitrogens with zero attached hydrogens (tertiary/aromatic N) is 2. The van der Waals surface area contributed by atoms with E-state index < -0.39 is 12.0 Å². The highest BCUT2D eigenvalue weighted by molar-refractivity contribution is 5.84. The summed E-state index contributed by atoms with van der Waals surface area (Å²) < 4.78 is 7.30. The fourth-order valence-electron chi connectivity index (χ4n) is 3.19. The predicted octanol–water partition coefficient (Wildman–Crippen LogP) is 2.90. The zero-order valence-corrected chi connectivity index (χ0v) is 16.1. The Bertz CT molecular complexity index is 1030. The smallest absolute Gasteiger partial charge is 0.305 e. The molecule has 0 aliphatic heterocycles. The number of carboxylic acid groups (broad SMARTS) is 1. The van der Waals surface area contributed by atoms with Crippen LogP contribution >= 0.6 is 0 Å². The number of aromatic nitrogens is 2. The maximum Gasteiger partial charge on any atom is 0.305 e. The van der Waals surface area contributed by atoms with Gasteiger partial charge in [0.15, 0.2) is 12.4 Å².